The summed E-state index contributed by atoms with van der Waals surface area (Å²) in [5, 5.41) is 12.9. The third-order valence-corrected chi connectivity index (χ3v) is 3.78. The molecule has 0 aromatic heterocycles. The number of carbonyl (C=O) groups is 1. The molecule has 0 unspecified atom stereocenters. The second-order valence-corrected chi connectivity index (χ2v) is 5.24. The maximum atomic E-state index is 11.9. The molecule has 5 heteroatoms. The summed E-state index contributed by atoms with van der Waals surface area (Å²) in [7, 11) is 0. The highest BCUT2D eigenvalue weighted by Crippen LogP contribution is 2.25. The number of hydrogen-bond donors (Lipinski definition) is 2. The Bertz CT molecular complexity index is 616. The summed E-state index contributed by atoms with van der Waals surface area (Å²) in [6.07, 6.45) is 0.111. The molecule has 1 amide bonds. The van der Waals surface area contributed by atoms with E-state index in [4.69, 9.17) is 11.6 Å². The number of phenolic OH excluding ortho intramolecular Hbond substituents is 1. The van der Waals surface area contributed by atoms with Crippen molar-refractivity contribution in [2.24, 2.45) is 0 Å². The zero-order chi connectivity index (χ0) is 13.8. The Labute approximate surface area is 124 Å². The molecular weight excluding hydrogens is 330 g/mol. The highest BCUT2D eigenvalue weighted by Gasteiger charge is 2.08. The summed E-state index contributed by atoms with van der Waals surface area (Å²) >= 11 is 9.23. The molecular formula is C14H11BrClNO2. The Hall–Kier alpha value is -1.52. The van der Waals surface area contributed by atoms with Gasteiger partial charge in [-0.3, -0.25) is 4.79 Å². The molecule has 19 heavy (non-hydrogen) atoms. The summed E-state index contributed by atoms with van der Waals surface area (Å²) in [5.41, 5.74) is 1.21. The van der Waals surface area contributed by atoms with Crippen LogP contribution in [0.2, 0.25) is 5.02 Å². The van der Waals surface area contributed by atoms with E-state index in [-0.39, 0.29) is 18.1 Å². The van der Waals surface area contributed by atoms with E-state index in [1.54, 1.807) is 42.5 Å². The summed E-state index contributed by atoms with van der Waals surface area (Å²) in [6, 6.07) is 11.9. The minimum Gasteiger partial charge on any atom is -0.508 e. The van der Waals surface area contributed by atoms with Gasteiger partial charge >= 0.3 is 0 Å². The van der Waals surface area contributed by atoms with Gasteiger partial charge in [0.1, 0.15) is 5.75 Å². The Kier molecular flexibility index (Phi) is 4.45. The molecule has 0 heterocycles. The molecule has 0 aliphatic carbocycles. The first kappa shape index (κ1) is 13.9. The van der Waals surface area contributed by atoms with Crippen molar-refractivity contribution < 1.29 is 9.90 Å². The summed E-state index contributed by atoms with van der Waals surface area (Å²) < 4.78 is 0.771. The second-order valence-electron chi connectivity index (χ2n) is 3.98. The normalized spacial score (nSPS) is 10.2. The first-order chi connectivity index (χ1) is 9.06. The van der Waals surface area contributed by atoms with E-state index in [1.807, 2.05) is 0 Å². The largest absolute Gasteiger partial charge is 0.508 e. The van der Waals surface area contributed by atoms with E-state index in [0.29, 0.717) is 16.3 Å². The minimum atomic E-state index is -0.208. The number of amides is 1. The predicted octanol–water partition coefficient (Wildman–Crippen LogP) is 3.99. The molecule has 2 N–H and O–H groups in total. The molecule has 2 aromatic rings. The molecule has 2 rings (SSSR count). The quantitative estimate of drug-likeness (QED) is 0.887. The van der Waals surface area contributed by atoms with Crippen LogP contribution in [0.4, 0.5) is 5.69 Å². The van der Waals surface area contributed by atoms with Crippen LogP contribution in [0.15, 0.2) is 46.9 Å². The molecule has 98 valence electrons. The fraction of sp³-hybridized carbons (Fsp3) is 0.0714. The van der Waals surface area contributed by atoms with Crippen LogP contribution >= 0.6 is 27.5 Å². The number of anilines is 1. The van der Waals surface area contributed by atoms with Gasteiger partial charge in [-0.05, 0) is 40.2 Å². The highest BCUT2D eigenvalue weighted by atomic mass is 79.9. The van der Waals surface area contributed by atoms with Gasteiger partial charge in [0.2, 0.25) is 5.91 Å². The number of para-hydroxylation sites is 1. The number of rotatable bonds is 3. The Morgan fingerprint density at radius 2 is 2.00 bits per heavy atom. The fourth-order valence-corrected chi connectivity index (χ4v) is 2.04. The number of phenols is 1. The van der Waals surface area contributed by atoms with Gasteiger partial charge in [-0.1, -0.05) is 29.8 Å². The molecule has 3 nitrogen and oxygen atoms in total. The Morgan fingerprint density at radius 3 is 2.68 bits per heavy atom. The second kappa shape index (κ2) is 6.08. The van der Waals surface area contributed by atoms with Gasteiger partial charge < -0.3 is 10.4 Å². The van der Waals surface area contributed by atoms with Crippen LogP contribution in [-0.4, -0.2) is 11.0 Å². The molecule has 0 bridgehead atoms. The molecule has 0 aliphatic heterocycles. The molecule has 2 aromatic carbocycles. The van der Waals surface area contributed by atoms with Gasteiger partial charge in [0.15, 0.2) is 0 Å². The lowest BCUT2D eigenvalue weighted by atomic mass is 10.1. The lowest BCUT2D eigenvalue weighted by molar-refractivity contribution is -0.115. The van der Waals surface area contributed by atoms with Gasteiger partial charge in [-0.2, -0.15) is 0 Å². The van der Waals surface area contributed by atoms with Gasteiger partial charge in [0.25, 0.3) is 0 Å². The fourth-order valence-electron chi connectivity index (χ4n) is 1.61. The van der Waals surface area contributed by atoms with E-state index in [2.05, 4.69) is 21.2 Å². The van der Waals surface area contributed by atoms with Crippen LogP contribution in [0, 0.1) is 0 Å². The smallest absolute Gasteiger partial charge is 0.228 e. The van der Waals surface area contributed by atoms with E-state index < -0.39 is 0 Å². The van der Waals surface area contributed by atoms with E-state index >= 15 is 0 Å². The summed E-state index contributed by atoms with van der Waals surface area (Å²) in [6.45, 7) is 0. The van der Waals surface area contributed by atoms with Crippen LogP contribution in [0.25, 0.3) is 0 Å². The molecule has 0 saturated heterocycles. The third kappa shape index (κ3) is 3.72. The van der Waals surface area contributed by atoms with Crippen molar-refractivity contribution in [2.75, 3.05) is 5.32 Å². The first-order valence-electron chi connectivity index (χ1n) is 5.58. The van der Waals surface area contributed by atoms with Gasteiger partial charge in [0, 0.05) is 15.7 Å². The van der Waals surface area contributed by atoms with Gasteiger partial charge in [-0.25, -0.2) is 0 Å². The van der Waals surface area contributed by atoms with Crippen molar-refractivity contribution in [2.45, 2.75) is 6.42 Å². The number of nitrogens with one attached hydrogen (secondary N) is 1. The van der Waals surface area contributed by atoms with Gasteiger partial charge in [0.05, 0.1) is 11.4 Å². The van der Waals surface area contributed by atoms with Crippen LogP contribution in [0.3, 0.4) is 0 Å². The molecule has 0 spiro atoms. The number of aromatic hydroxyl groups is 1. The average Bonchev–Trinajstić information content (AvgIpc) is 2.37. The zero-order valence-electron chi connectivity index (χ0n) is 9.86. The molecule has 0 saturated carbocycles. The van der Waals surface area contributed by atoms with Crippen molar-refractivity contribution in [3.05, 3.63) is 57.5 Å². The van der Waals surface area contributed by atoms with Crippen LogP contribution < -0.4 is 5.32 Å². The van der Waals surface area contributed by atoms with E-state index in [0.717, 1.165) is 4.47 Å². The summed E-state index contributed by atoms with van der Waals surface area (Å²) in [4.78, 5) is 11.9. The molecule has 0 radical (unpaired) electrons. The topological polar surface area (TPSA) is 49.3 Å². The number of carbonyl (C=O) groups excluding carboxylic acids is 1. The average molecular weight is 341 g/mol. The highest BCUT2D eigenvalue weighted by molar-refractivity contribution is 9.10. The first-order valence-corrected chi connectivity index (χ1v) is 6.75. The van der Waals surface area contributed by atoms with E-state index in [1.165, 1.54) is 0 Å². The molecule has 0 aliphatic rings. The monoisotopic (exact) mass is 339 g/mol. The standard InChI is InChI=1S/C14H11BrClNO2/c15-11-6-5-10(8-12(11)16)17-14(19)7-9-3-1-2-4-13(9)18/h1-6,8,18H,7H2,(H,17,19). The number of hydrogen-bond acceptors (Lipinski definition) is 2. The number of halogens is 2. The SMILES string of the molecule is O=C(Cc1ccccc1O)Nc1ccc(Br)c(Cl)c1. The van der Waals surface area contributed by atoms with Crippen molar-refractivity contribution >= 4 is 39.1 Å². The third-order valence-electron chi connectivity index (χ3n) is 2.55. The Morgan fingerprint density at radius 1 is 1.26 bits per heavy atom. The van der Waals surface area contributed by atoms with Crippen molar-refractivity contribution in [3.63, 3.8) is 0 Å². The van der Waals surface area contributed by atoms with Crippen LogP contribution in [0.5, 0.6) is 5.75 Å². The predicted molar refractivity (Wildman–Crippen MR) is 79.6 cm³/mol. The minimum absolute atomic E-state index is 0.111. The number of benzene rings is 2. The van der Waals surface area contributed by atoms with Crippen LogP contribution in [0.1, 0.15) is 5.56 Å². The zero-order valence-corrected chi connectivity index (χ0v) is 12.2. The Balaban J connectivity index is 2.05. The molecule has 0 atom stereocenters. The van der Waals surface area contributed by atoms with Crippen molar-refractivity contribution in [1.82, 2.24) is 0 Å². The maximum Gasteiger partial charge on any atom is 0.228 e. The van der Waals surface area contributed by atoms with Gasteiger partial charge in [-0.15, -0.1) is 0 Å². The lowest BCUT2D eigenvalue weighted by Crippen LogP contribution is -2.14. The lowest BCUT2D eigenvalue weighted by Gasteiger charge is -2.07. The summed E-state index contributed by atoms with van der Waals surface area (Å²) in [5.74, 6) is -0.0913. The molecule has 0 fully saturated rings. The maximum absolute atomic E-state index is 11.9. The van der Waals surface area contributed by atoms with Crippen molar-refractivity contribution in [3.8, 4) is 5.75 Å². The van der Waals surface area contributed by atoms with Crippen LogP contribution in [-0.2, 0) is 11.2 Å². The van der Waals surface area contributed by atoms with Crippen molar-refractivity contribution in [1.29, 1.82) is 0 Å². The van der Waals surface area contributed by atoms with E-state index in [9.17, 15) is 9.90 Å².